The van der Waals surface area contributed by atoms with Gasteiger partial charge < -0.3 is 9.84 Å². The Bertz CT molecular complexity index is 781. The van der Waals surface area contributed by atoms with Crippen molar-refractivity contribution in [1.82, 2.24) is 0 Å². The van der Waals surface area contributed by atoms with Gasteiger partial charge in [0.2, 0.25) is 0 Å². The summed E-state index contributed by atoms with van der Waals surface area (Å²) in [5.41, 5.74) is 4.67. The van der Waals surface area contributed by atoms with Crippen LogP contribution in [0, 0.1) is 5.92 Å². The zero-order chi connectivity index (χ0) is 19.9. The van der Waals surface area contributed by atoms with Crippen LogP contribution in [0.5, 0.6) is 0 Å². The molecule has 0 aromatic heterocycles. The molecule has 1 atom stereocenters. The molecule has 0 saturated carbocycles. The molecule has 2 aromatic carbocycles. The Labute approximate surface area is 166 Å². The first-order chi connectivity index (χ1) is 13.6. The van der Waals surface area contributed by atoms with Crippen molar-refractivity contribution in [3.63, 3.8) is 0 Å². The van der Waals surface area contributed by atoms with Crippen molar-refractivity contribution in [2.24, 2.45) is 5.92 Å². The highest BCUT2D eigenvalue weighted by Gasteiger charge is 2.29. The van der Waals surface area contributed by atoms with Crippen molar-refractivity contribution in [3.05, 3.63) is 59.7 Å². The molecule has 0 saturated heterocycles. The van der Waals surface area contributed by atoms with Gasteiger partial charge in [0.15, 0.2) is 0 Å². The molecule has 2 aromatic rings. The largest absolute Gasteiger partial charge is 0.481 e. The fraction of sp³-hybridized carbons (Fsp3) is 0.417. The number of esters is 1. The Hall–Kier alpha value is -2.62. The Morgan fingerprint density at radius 1 is 0.964 bits per heavy atom. The summed E-state index contributed by atoms with van der Waals surface area (Å²) in [4.78, 5) is 23.8. The predicted octanol–water partition coefficient (Wildman–Crippen LogP) is 5.40. The lowest BCUT2D eigenvalue weighted by molar-refractivity contribution is -0.152. The number of benzene rings is 2. The summed E-state index contributed by atoms with van der Waals surface area (Å²) in [6.45, 7) is 2.36. The lowest BCUT2D eigenvalue weighted by Gasteiger charge is -2.16. The van der Waals surface area contributed by atoms with E-state index < -0.39 is 17.9 Å². The Morgan fingerprint density at radius 3 is 2.14 bits per heavy atom. The molecule has 1 unspecified atom stereocenters. The number of unbranched alkanes of at least 4 members (excludes halogenated alkanes) is 3. The molecule has 1 N–H and O–H groups in total. The lowest BCUT2D eigenvalue weighted by atomic mass is 9.97. The van der Waals surface area contributed by atoms with Gasteiger partial charge in [-0.2, -0.15) is 0 Å². The second-order valence-electron chi connectivity index (χ2n) is 7.50. The first-order valence-corrected chi connectivity index (χ1v) is 10.2. The molecule has 0 amide bonds. The van der Waals surface area contributed by atoms with Gasteiger partial charge >= 0.3 is 11.9 Å². The zero-order valence-corrected chi connectivity index (χ0v) is 16.4. The van der Waals surface area contributed by atoms with Crippen molar-refractivity contribution >= 4 is 11.9 Å². The number of ether oxygens (including phenoxy) is 1. The average molecular weight is 380 g/mol. The number of carbonyl (C=O) groups excluding carboxylic acids is 1. The summed E-state index contributed by atoms with van der Waals surface area (Å²) < 4.78 is 5.55. The van der Waals surface area contributed by atoms with Crippen LogP contribution < -0.4 is 0 Å². The van der Waals surface area contributed by atoms with E-state index in [1.165, 1.54) is 11.1 Å². The minimum absolute atomic E-state index is 0.00387. The second kappa shape index (κ2) is 9.54. The molecule has 28 heavy (non-hydrogen) atoms. The third-order valence-electron chi connectivity index (χ3n) is 5.54. The standard InChI is InChI=1S/C24H28O4/c1-2-3-4-5-10-17(24(26)27)15-23(25)28-16-22-20-13-8-6-11-18(20)19-12-7-9-14-21(19)22/h6-9,11-14,17,22H,2-5,10,15-16H2,1H3,(H,26,27). The number of carbonyl (C=O) groups is 2. The van der Waals surface area contributed by atoms with Crippen LogP contribution in [0.3, 0.4) is 0 Å². The lowest BCUT2D eigenvalue weighted by Crippen LogP contribution is -2.21. The molecular formula is C24H28O4. The number of rotatable bonds is 10. The molecule has 1 aliphatic carbocycles. The van der Waals surface area contributed by atoms with E-state index in [9.17, 15) is 14.7 Å². The third-order valence-corrected chi connectivity index (χ3v) is 5.54. The minimum atomic E-state index is -0.912. The fourth-order valence-electron chi connectivity index (χ4n) is 4.01. The van der Waals surface area contributed by atoms with Gasteiger partial charge in [0.25, 0.3) is 0 Å². The minimum Gasteiger partial charge on any atom is -0.481 e. The number of carboxylic acids is 1. The van der Waals surface area contributed by atoms with Crippen molar-refractivity contribution in [3.8, 4) is 11.1 Å². The van der Waals surface area contributed by atoms with E-state index in [1.807, 2.05) is 24.3 Å². The first-order valence-electron chi connectivity index (χ1n) is 10.2. The van der Waals surface area contributed by atoms with Gasteiger partial charge in [-0.05, 0) is 28.7 Å². The molecule has 0 spiro atoms. The Balaban J connectivity index is 1.60. The van der Waals surface area contributed by atoms with Crippen molar-refractivity contribution in [2.75, 3.05) is 6.61 Å². The summed E-state index contributed by atoms with van der Waals surface area (Å²) in [5.74, 6) is -1.99. The van der Waals surface area contributed by atoms with Crippen LogP contribution in [0.15, 0.2) is 48.5 Å². The third kappa shape index (κ3) is 4.61. The van der Waals surface area contributed by atoms with Crippen LogP contribution in [0.1, 0.15) is 62.5 Å². The maximum absolute atomic E-state index is 12.3. The smallest absolute Gasteiger partial charge is 0.307 e. The maximum atomic E-state index is 12.3. The quantitative estimate of drug-likeness (QED) is 0.442. The molecule has 4 heteroatoms. The molecule has 0 radical (unpaired) electrons. The van der Waals surface area contributed by atoms with Gasteiger partial charge in [0.05, 0.1) is 12.3 Å². The number of hydrogen-bond acceptors (Lipinski definition) is 3. The molecular weight excluding hydrogens is 352 g/mol. The Kier molecular flexibility index (Phi) is 6.85. The van der Waals surface area contributed by atoms with E-state index in [0.717, 1.165) is 36.8 Å². The molecule has 0 heterocycles. The van der Waals surface area contributed by atoms with Crippen LogP contribution in [-0.2, 0) is 14.3 Å². The summed E-state index contributed by atoms with van der Waals surface area (Å²) in [7, 11) is 0. The van der Waals surface area contributed by atoms with E-state index in [4.69, 9.17) is 4.74 Å². The normalized spacial score (nSPS) is 13.6. The van der Waals surface area contributed by atoms with Gasteiger partial charge in [-0.1, -0.05) is 81.1 Å². The fourth-order valence-corrected chi connectivity index (χ4v) is 4.01. The van der Waals surface area contributed by atoms with Crippen LogP contribution in [-0.4, -0.2) is 23.7 Å². The molecule has 4 nitrogen and oxygen atoms in total. The molecule has 3 rings (SSSR count). The molecule has 0 fully saturated rings. The topological polar surface area (TPSA) is 63.6 Å². The van der Waals surface area contributed by atoms with E-state index >= 15 is 0 Å². The van der Waals surface area contributed by atoms with Gasteiger partial charge in [-0.3, -0.25) is 9.59 Å². The van der Waals surface area contributed by atoms with Crippen LogP contribution in [0.25, 0.3) is 11.1 Å². The maximum Gasteiger partial charge on any atom is 0.307 e. The number of hydrogen-bond donors (Lipinski definition) is 1. The summed E-state index contributed by atoms with van der Waals surface area (Å²) in [6.07, 6.45) is 4.50. The van der Waals surface area contributed by atoms with E-state index in [1.54, 1.807) is 0 Å². The highest BCUT2D eigenvalue weighted by Crippen LogP contribution is 2.44. The SMILES string of the molecule is CCCCCCC(CC(=O)OCC1c2ccccc2-c2ccccc21)C(=O)O. The highest BCUT2D eigenvalue weighted by atomic mass is 16.5. The average Bonchev–Trinajstić information content (AvgIpc) is 3.02. The summed E-state index contributed by atoms with van der Waals surface area (Å²) >= 11 is 0. The van der Waals surface area contributed by atoms with Crippen molar-refractivity contribution in [1.29, 1.82) is 0 Å². The Morgan fingerprint density at radius 2 is 1.57 bits per heavy atom. The monoisotopic (exact) mass is 380 g/mol. The number of aliphatic carboxylic acids is 1. The number of fused-ring (bicyclic) bond motifs is 3. The molecule has 148 valence electrons. The second-order valence-corrected chi connectivity index (χ2v) is 7.50. The number of carboxylic acid groups (broad SMARTS) is 1. The van der Waals surface area contributed by atoms with Gasteiger partial charge in [-0.25, -0.2) is 0 Å². The van der Waals surface area contributed by atoms with E-state index in [2.05, 4.69) is 31.2 Å². The van der Waals surface area contributed by atoms with Crippen molar-refractivity contribution < 1.29 is 19.4 Å². The first kappa shape index (κ1) is 20.1. The van der Waals surface area contributed by atoms with Crippen LogP contribution >= 0.6 is 0 Å². The summed E-state index contributed by atoms with van der Waals surface area (Å²) in [6, 6.07) is 16.3. The zero-order valence-electron chi connectivity index (χ0n) is 16.4. The van der Waals surface area contributed by atoms with Crippen molar-refractivity contribution in [2.45, 2.75) is 51.4 Å². The van der Waals surface area contributed by atoms with Gasteiger partial charge in [-0.15, -0.1) is 0 Å². The summed E-state index contributed by atoms with van der Waals surface area (Å²) in [5, 5.41) is 9.41. The van der Waals surface area contributed by atoms with Gasteiger partial charge in [0.1, 0.15) is 6.61 Å². The van der Waals surface area contributed by atoms with Crippen LogP contribution in [0.2, 0.25) is 0 Å². The van der Waals surface area contributed by atoms with E-state index in [0.29, 0.717) is 6.42 Å². The van der Waals surface area contributed by atoms with Gasteiger partial charge in [0, 0.05) is 5.92 Å². The molecule has 0 aliphatic heterocycles. The van der Waals surface area contributed by atoms with Crippen LogP contribution in [0.4, 0.5) is 0 Å². The highest BCUT2D eigenvalue weighted by molar-refractivity contribution is 5.80. The van der Waals surface area contributed by atoms with E-state index in [-0.39, 0.29) is 18.9 Å². The molecule has 0 bridgehead atoms. The molecule has 1 aliphatic rings. The predicted molar refractivity (Wildman–Crippen MR) is 109 cm³/mol.